The van der Waals surface area contributed by atoms with E-state index in [4.69, 9.17) is 10.5 Å². The van der Waals surface area contributed by atoms with Crippen molar-refractivity contribution in [3.63, 3.8) is 0 Å². The first-order valence-electron chi connectivity index (χ1n) is 10.5. The Labute approximate surface area is 199 Å². The molecule has 0 aliphatic carbocycles. The number of amides is 4. The van der Waals surface area contributed by atoms with Gasteiger partial charge < -0.3 is 26.2 Å². The number of ether oxygens (including phenoxy) is 1. The molecule has 0 aliphatic rings. The predicted molar refractivity (Wildman–Crippen MR) is 126 cm³/mol. The Morgan fingerprint density at radius 2 is 1.91 bits per heavy atom. The number of carboxylic acids is 1. The minimum absolute atomic E-state index is 0.0515. The Morgan fingerprint density at radius 1 is 1.20 bits per heavy atom. The van der Waals surface area contributed by atoms with Crippen LogP contribution < -0.4 is 26.4 Å². The molecule has 0 bridgehead atoms. The minimum Gasteiger partial charge on any atom is -0.491 e. The first-order chi connectivity index (χ1) is 16.5. The average Bonchev–Trinajstić information content (AvgIpc) is 3.04. The summed E-state index contributed by atoms with van der Waals surface area (Å²) in [7, 11) is 1.61. The fraction of sp³-hybridized carbons (Fsp3) is 0.273. The lowest BCUT2D eigenvalue weighted by atomic mass is 10.1. The summed E-state index contributed by atoms with van der Waals surface area (Å²) in [4.78, 5) is 52.9. The Bertz CT molecular complexity index is 1300. The first kappa shape index (κ1) is 25.0. The number of aryl methyl sites for hydroxylation is 2. The molecule has 2 aromatic heterocycles. The molecule has 0 radical (unpaired) electrons. The van der Waals surface area contributed by atoms with Crippen LogP contribution in [0.3, 0.4) is 0 Å². The van der Waals surface area contributed by atoms with Gasteiger partial charge in [0.1, 0.15) is 5.75 Å². The Kier molecular flexibility index (Phi) is 7.18. The number of imide groups is 1. The van der Waals surface area contributed by atoms with Gasteiger partial charge in [0.05, 0.1) is 28.4 Å². The van der Waals surface area contributed by atoms with Gasteiger partial charge in [-0.3, -0.25) is 19.6 Å². The van der Waals surface area contributed by atoms with Crippen molar-refractivity contribution in [2.24, 2.45) is 12.8 Å². The van der Waals surface area contributed by atoms with Crippen LogP contribution in [-0.4, -0.2) is 55.8 Å². The van der Waals surface area contributed by atoms with Crippen molar-refractivity contribution in [3.05, 3.63) is 41.7 Å². The minimum atomic E-state index is -1.84. The van der Waals surface area contributed by atoms with E-state index in [0.29, 0.717) is 28.2 Å². The van der Waals surface area contributed by atoms with E-state index < -0.39 is 29.9 Å². The number of hydrogen-bond acceptors (Lipinski definition) is 8. The zero-order valence-electron chi connectivity index (χ0n) is 19.4. The van der Waals surface area contributed by atoms with E-state index in [1.165, 1.54) is 4.68 Å². The number of nitrogens with zero attached hydrogens (tertiary/aromatic N) is 3. The molecule has 184 valence electrons. The van der Waals surface area contributed by atoms with Crippen molar-refractivity contribution in [1.82, 2.24) is 20.1 Å². The molecule has 0 fully saturated rings. The standard InChI is InChI=1S/C22H25N7O6/c1-10(2)35-13-7-5-6-12(8-13)25-22(34)27-20(31)14-9-24-19-15(11(3)28-29(19)4)16(14)26-17(18(23)30)21(32)33/h5-10,17H,1-4H3,(H2,23,30)(H,24,26)(H,32,33)(H2,25,27,31,34). The number of rotatable bonds is 8. The largest absolute Gasteiger partial charge is 0.491 e. The van der Waals surface area contributed by atoms with E-state index in [1.807, 2.05) is 13.8 Å². The number of nitrogens with two attached hydrogens (primary N) is 1. The summed E-state index contributed by atoms with van der Waals surface area (Å²) < 4.78 is 7.01. The van der Waals surface area contributed by atoms with Gasteiger partial charge in [-0.05, 0) is 32.9 Å². The molecule has 3 aromatic rings. The zero-order chi connectivity index (χ0) is 25.9. The van der Waals surface area contributed by atoms with Crippen molar-refractivity contribution in [2.45, 2.75) is 32.9 Å². The fourth-order valence-corrected chi connectivity index (χ4v) is 3.38. The molecule has 4 amide bonds. The number of carbonyl (C=O) groups excluding carboxylic acids is 3. The number of aromatic nitrogens is 3. The average molecular weight is 483 g/mol. The number of carboxylic acid groups (broad SMARTS) is 1. The van der Waals surface area contributed by atoms with E-state index in [0.717, 1.165) is 6.20 Å². The highest BCUT2D eigenvalue weighted by Crippen LogP contribution is 2.29. The van der Waals surface area contributed by atoms with E-state index in [9.17, 15) is 24.3 Å². The molecule has 1 aromatic carbocycles. The normalized spacial score (nSPS) is 11.7. The van der Waals surface area contributed by atoms with Crippen LogP contribution in [0.4, 0.5) is 16.2 Å². The fourth-order valence-electron chi connectivity index (χ4n) is 3.38. The van der Waals surface area contributed by atoms with Crippen LogP contribution in [0.2, 0.25) is 0 Å². The third kappa shape index (κ3) is 5.63. The van der Waals surface area contributed by atoms with Crippen LogP contribution in [0.25, 0.3) is 11.0 Å². The van der Waals surface area contributed by atoms with E-state index in [-0.39, 0.29) is 17.4 Å². The van der Waals surface area contributed by atoms with Gasteiger partial charge in [-0.25, -0.2) is 14.6 Å². The van der Waals surface area contributed by atoms with Crippen molar-refractivity contribution in [2.75, 3.05) is 10.6 Å². The third-order valence-corrected chi connectivity index (χ3v) is 4.78. The number of benzene rings is 1. The number of pyridine rings is 1. The van der Waals surface area contributed by atoms with Gasteiger partial charge in [0.15, 0.2) is 5.65 Å². The zero-order valence-corrected chi connectivity index (χ0v) is 19.4. The summed E-state index contributed by atoms with van der Waals surface area (Å²) in [6.45, 7) is 5.34. The molecular formula is C22H25N7O6. The molecule has 13 nitrogen and oxygen atoms in total. The van der Waals surface area contributed by atoms with Crippen molar-refractivity contribution >= 4 is 46.2 Å². The molecule has 2 heterocycles. The summed E-state index contributed by atoms with van der Waals surface area (Å²) in [5.41, 5.74) is 6.08. The van der Waals surface area contributed by atoms with Crippen molar-refractivity contribution < 1.29 is 29.0 Å². The molecule has 3 rings (SSSR count). The van der Waals surface area contributed by atoms with Gasteiger partial charge in [-0.1, -0.05) is 6.07 Å². The lowest BCUT2D eigenvalue weighted by molar-refractivity contribution is -0.141. The van der Waals surface area contributed by atoms with Gasteiger partial charge in [-0.15, -0.1) is 0 Å². The maximum absolute atomic E-state index is 13.0. The van der Waals surface area contributed by atoms with E-state index in [1.54, 1.807) is 38.2 Å². The molecule has 0 spiro atoms. The van der Waals surface area contributed by atoms with Crippen LogP contribution in [-0.2, 0) is 16.6 Å². The molecule has 35 heavy (non-hydrogen) atoms. The van der Waals surface area contributed by atoms with Crippen LogP contribution in [0, 0.1) is 6.92 Å². The Hall–Kier alpha value is -4.68. The topological polar surface area (TPSA) is 191 Å². The Balaban J connectivity index is 1.91. The molecule has 1 atom stereocenters. The lowest BCUT2D eigenvalue weighted by Crippen LogP contribution is -2.43. The number of fused-ring (bicyclic) bond motifs is 1. The van der Waals surface area contributed by atoms with Gasteiger partial charge in [0, 0.05) is 25.0 Å². The molecular weight excluding hydrogens is 458 g/mol. The number of carbonyl (C=O) groups is 4. The Morgan fingerprint density at radius 3 is 2.54 bits per heavy atom. The highest BCUT2D eigenvalue weighted by molar-refractivity contribution is 6.15. The number of anilines is 2. The third-order valence-electron chi connectivity index (χ3n) is 4.78. The van der Waals surface area contributed by atoms with Gasteiger partial charge in [-0.2, -0.15) is 5.10 Å². The second kappa shape index (κ2) is 10.1. The number of aliphatic carboxylic acids is 1. The maximum atomic E-state index is 13.0. The molecule has 0 saturated heterocycles. The summed E-state index contributed by atoms with van der Waals surface area (Å²) in [5.74, 6) is -3.08. The quantitative estimate of drug-likeness (QED) is 0.294. The van der Waals surface area contributed by atoms with Gasteiger partial charge >= 0.3 is 12.0 Å². The second-order valence-corrected chi connectivity index (χ2v) is 7.88. The van der Waals surface area contributed by atoms with Crippen molar-refractivity contribution in [1.29, 1.82) is 0 Å². The number of urea groups is 1. The summed E-state index contributed by atoms with van der Waals surface area (Å²) >= 11 is 0. The number of primary amides is 1. The number of hydrogen-bond donors (Lipinski definition) is 5. The maximum Gasteiger partial charge on any atom is 0.336 e. The smallest absolute Gasteiger partial charge is 0.336 e. The van der Waals surface area contributed by atoms with Crippen molar-refractivity contribution in [3.8, 4) is 5.75 Å². The second-order valence-electron chi connectivity index (χ2n) is 7.88. The van der Waals surface area contributed by atoms with Crippen LogP contribution in [0.5, 0.6) is 5.75 Å². The molecule has 1 unspecified atom stereocenters. The van der Waals surface area contributed by atoms with Gasteiger partial charge in [0.2, 0.25) is 6.04 Å². The molecule has 13 heteroatoms. The molecule has 0 saturated carbocycles. The molecule has 0 aliphatic heterocycles. The van der Waals surface area contributed by atoms with Crippen LogP contribution in [0.15, 0.2) is 30.5 Å². The highest BCUT2D eigenvalue weighted by Gasteiger charge is 2.29. The summed E-state index contributed by atoms with van der Waals surface area (Å²) in [5, 5.41) is 21.1. The summed E-state index contributed by atoms with van der Waals surface area (Å²) in [6.07, 6.45) is 1.07. The molecule has 6 N–H and O–H groups in total. The highest BCUT2D eigenvalue weighted by atomic mass is 16.5. The van der Waals surface area contributed by atoms with Crippen LogP contribution >= 0.6 is 0 Å². The lowest BCUT2D eigenvalue weighted by Gasteiger charge is -2.17. The van der Waals surface area contributed by atoms with Gasteiger partial charge in [0.25, 0.3) is 11.8 Å². The SMILES string of the molecule is Cc1nn(C)c2ncc(C(=O)NC(=O)Nc3cccc(OC(C)C)c3)c(NC(C(N)=O)C(=O)O)c12. The predicted octanol–water partition coefficient (Wildman–Crippen LogP) is 1.38. The van der Waals surface area contributed by atoms with Crippen LogP contribution in [0.1, 0.15) is 29.9 Å². The first-order valence-corrected chi connectivity index (χ1v) is 10.5. The van der Waals surface area contributed by atoms with E-state index in [2.05, 4.69) is 26.0 Å². The number of nitrogens with one attached hydrogen (secondary N) is 3. The monoisotopic (exact) mass is 483 g/mol. The van der Waals surface area contributed by atoms with E-state index >= 15 is 0 Å². The summed E-state index contributed by atoms with van der Waals surface area (Å²) in [6, 6.07) is 3.91.